The van der Waals surface area contributed by atoms with E-state index in [1.54, 1.807) is 18.2 Å². The molecule has 4 nitrogen and oxygen atoms in total. The highest BCUT2D eigenvalue weighted by Crippen LogP contribution is 2.42. The van der Waals surface area contributed by atoms with Crippen molar-refractivity contribution in [3.63, 3.8) is 0 Å². The van der Waals surface area contributed by atoms with Crippen molar-refractivity contribution in [2.24, 2.45) is 9.98 Å². The first-order valence-electron chi connectivity index (χ1n) is 7.10. The molecule has 4 heteroatoms. The highest BCUT2D eigenvalue weighted by Gasteiger charge is 2.25. The summed E-state index contributed by atoms with van der Waals surface area (Å²) in [4.78, 5) is 29.2. The van der Waals surface area contributed by atoms with Crippen LogP contribution in [0.15, 0.2) is 46.4 Å². The number of nitrogens with zero attached hydrogens (tertiary/aromatic N) is 2. The summed E-state index contributed by atoms with van der Waals surface area (Å²) in [5.41, 5.74) is 3.50. The summed E-state index contributed by atoms with van der Waals surface area (Å²) in [6, 6.07) is 9.52. The van der Waals surface area contributed by atoms with Crippen LogP contribution in [0.25, 0.3) is 16.5 Å². The van der Waals surface area contributed by atoms with Crippen LogP contribution in [0.3, 0.4) is 0 Å². The number of rotatable bonds is 3. The van der Waals surface area contributed by atoms with Gasteiger partial charge in [-0.05, 0) is 33.9 Å². The largest absolute Gasteiger partial charge is 0.240 e. The van der Waals surface area contributed by atoms with Crippen LogP contribution in [0.2, 0.25) is 0 Å². The van der Waals surface area contributed by atoms with Gasteiger partial charge in [-0.3, -0.25) is 0 Å². The van der Waals surface area contributed by atoms with Gasteiger partial charge in [0, 0.05) is 5.56 Å². The summed E-state index contributed by atoms with van der Waals surface area (Å²) < 4.78 is 0. The van der Waals surface area contributed by atoms with Crippen molar-refractivity contribution in [3.8, 4) is 0 Å². The first-order chi connectivity index (χ1) is 10.7. The molecule has 0 amide bonds. The van der Waals surface area contributed by atoms with Gasteiger partial charge in [-0.15, -0.1) is 0 Å². The normalized spacial score (nSPS) is 16.0. The molecule has 1 unspecified atom stereocenters. The smallest absolute Gasteiger partial charge is 0.211 e. The van der Waals surface area contributed by atoms with Crippen LogP contribution >= 0.6 is 0 Å². The predicted molar refractivity (Wildman–Crippen MR) is 85.0 cm³/mol. The molecule has 1 aliphatic carbocycles. The molecule has 0 saturated carbocycles. The van der Waals surface area contributed by atoms with Crippen molar-refractivity contribution >= 4 is 28.6 Å². The van der Waals surface area contributed by atoms with Gasteiger partial charge in [0.1, 0.15) is 6.04 Å². The fraction of sp³-hybridized carbons (Fsp3) is 0.222. The van der Waals surface area contributed by atoms with Crippen molar-refractivity contribution in [3.05, 3.63) is 53.1 Å². The number of aliphatic imine (C=N–C) groups is 2. The molecule has 0 aromatic heterocycles. The Morgan fingerprint density at radius 2 is 1.91 bits per heavy atom. The Kier molecular flexibility index (Phi) is 3.56. The lowest BCUT2D eigenvalue weighted by molar-refractivity contribution is 0.561. The summed E-state index contributed by atoms with van der Waals surface area (Å²) >= 11 is 0. The van der Waals surface area contributed by atoms with Crippen LogP contribution in [0.1, 0.15) is 42.5 Å². The van der Waals surface area contributed by atoms with Gasteiger partial charge in [0.2, 0.25) is 12.2 Å². The van der Waals surface area contributed by atoms with Gasteiger partial charge in [0.05, 0.1) is 5.70 Å². The lowest BCUT2D eigenvalue weighted by Crippen LogP contribution is -2.06. The summed E-state index contributed by atoms with van der Waals surface area (Å²) in [5, 5.41) is 2.03. The van der Waals surface area contributed by atoms with E-state index in [1.807, 2.05) is 24.3 Å². The average Bonchev–Trinajstić information content (AvgIpc) is 2.51. The summed E-state index contributed by atoms with van der Waals surface area (Å²) in [5.74, 6) is 0.281. The lowest BCUT2D eigenvalue weighted by atomic mass is 9.83. The van der Waals surface area contributed by atoms with Crippen molar-refractivity contribution < 1.29 is 9.59 Å². The first-order valence-corrected chi connectivity index (χ1v) is 7.10. The second-order valence-corrected chi connectivity index (χ2v) is 5.55. The minimum Gasteiger partial charge on any atom is -0.211 e. The fourth-order valence-electron chi connectivity index (χ4n) is 3.06. The van der Waals surface area contributed by atoms with Gasteiger partial charge in [-0.2, -0.15) is 9.98 Å². The van der Waals surface area contributed by atoms with E-state index in [0.29, 0.717) is 5.70 Å². The molecule has 0 radical (unpaired) electrons. The zero-order chi connectivity index (χ0) is 15.7. The highest BCUT2D eigenvalue weighted by atomic mass is 16.1. The van der Waals surface area contributed by atoms with E-state index in [1.165, 1.54) is 0 Å². The molecule has 1 atom stereocenters. The van der Waals surface area contributed by atoms with E-state index >= 15 is 0 Å². The number of carbonyl (C=O) groups excluding carboxylic acids is 2. The fourth-order valence-corrected chi connectivity index (χ4v) is 3.06. The lowest BCUT2D eigenvalue weighted by Gasteiger charge is -2.23. The molecule has 3 rings (SSSR count). The van der Waals surface area contributed by atoms with E-state index in [4.69, 9.17) is 0 Å². The number of hydrogen-bond acceptors (Lipinski definition) is 4. The third-order valence-electron chi connectivity index (χ3n) is 3.98. The van der Waals surface area contributed by atoms with Crippen molar-refractivity contribution in [1.29, 1.82) is 0 Å². The summed E-state index contributed by atoms with van der Waals surface area (Å²) in [7, 11) is 0. The quantitative estimate of drug-likeness (QED) is 0.633. The van der Waals surface area contributed by atoms with E-state index in [0.717, 1.165) is 27.5 Å². The molecule has 0 spiro atoms. The second kappa shape index (κ2) is 5.53. The molecular formula is C18H14N2O2. The minimum atomic E-state index is -0.469. The molecule has 2 aromatic carbocycles. The van der Waals surface area contributed by atoms with Crippen LogP contribution in [0.4, 0.5) is 0 Å². The van der Waals surface area contributed by atoms with Gasteiger partial charge in [-0.25, -0.2) is 9.59 Å². The van der Waals surface area contributed by atoms with Gasteiger partial charge < -0.3 is 0 Å². The molecule has 0 aliphatic heterocycles. The molecule has 108 valence electrons. The molecule has 0 saturated heterocycles. The van der Waals surface area contributed by atoms with E-state index in [-0.39, 0.29) is 5.92 Å². The van der Waals surface area contributed by atoms with Crippen LogP contribution in [0.5, 0.6) is 0 Å². The third kappa shape index (κ3) is 2.11. The van der Waals surface area contributed by atoms with Gasteiger partial charge >= 0.3 is 0 Å². The van der Waals surface area contributed by atoms with Crippen LogP contribution in [-0.2, 0) is 9.59 Å². The van der Waals surface area contributed by atoms with Gasteiger partial charge in [0.25, 0.3) is 0 Å². The monoisotopic (exact) mass is 290 g/mol. The topological polar surface area (TPSA) is 58.9 Å². The molecule has 0 bridgehead atoms. The minimum absolute atomic E-state index is 0.281. The maximum absolute atomic E-state index is 10.8. The van der Waals surface area contributed by atoms with Crippen LogP contribution < -0.4 is 0 Å². The maximum atomic E-state index is 10.8. The SMILES string of the molecule is CC(C)c1ccc2cccc3c2c1C(N=C=O)=CC3N=C=O. The van der Waals surface area contributed by atoms with Crippen molar-refractivity contribution in [1.82, 2.24) is 0 Å². The Morgan fingerprint density at radius 3 is 2.59 bits per heavy atom. The van der Waals surface area contributed by atoms with E-state index in [9.17, 15) is 9.59 Å². The van der Waals surface area contributed by atoms with Crippen LogP contribution in [-0.4, -0.2) is 12.2 Å². The standard InChI is InChI=1S/C18H14N2O2/c1-11(2)13-7-6-12-4-3-5-14-15(19-9-21)8-16(20-10-22)18(13)17(12)14/h3-8,11,15H,1-2H3. The molecule has 22 heavy (non-hydrogen) atoms. The molecule has 2 aromatic rings. The van der Waals surface area contributed by atoms with E-state index < -0.39 is 6.04 Å². The number of isocyanates is 2. The van der Waals surface area contributed by atoms with Gasteiger partial charge in [0.15, 0.2) is 0 Å². The third-order valence-corrected chi connectivity index (χ3v) is 3.98. The maximum Gasteiger partial charge on any atom is 0.240 e. The Bertz CT molecular complexity index is 883. The Hall–Kier alpha value is -2.80. The number of hydrogen-bond donors (Lipinski definition) is 0. The zero-order valence-electron chi connectivity index (χ0n) is 12.3. The van der Waals surface area contributed by atoms with Crippen molar-refractivity contribution in [2.75, 3.05) is 0 Å². The predicted octanol–water partition coefficient (Wildman–Crippen LogP) is 4.03. The van der Waals surface area contributed by atoms with Gasteiger partial charge in [-0.1, -0.05) is 44.2 Å². The van der Waals surface area contributed by atoms with E-state index in [2.05, 4.69) is 29.9 Å². The molecule has 0 fully saturated rings. The Balaban J connectivity index is 2.47. The molecule has 0 N–H and O–H groups in total. The highest BCUT2D eigenvalue weighted by molar-refractivity contribution is 6.00. The number of benzene rings is 2. The molecule has 1 aliphatic rings. The Morgan fingerprint density at radius 1 is 1.09 bits per heavy atom. The Labute approximate surface area is 127 Å². The second-order valence-electron chi connectivity index (χ2n) is 5.55. The summed E-state index contributed by atoms with van der Waals surface area (Å²) in [6.45, 7) is 4.19. The average molecular weight is 290 g/mol. The first kappa shape index (κ1) is 14.2. The summed E-state index contributed by atoms with van der Waals surface area (Å²) in [6.07, 6.45) is 4.93. The van der Waals surface area contributed by atoms with Crippen LogP contribution in [0, 0.1) is 0 Å². The molecule has 0 heterocycles. The zero-order valence-corrected chi connectivity index (χ0v) is 12.3. The van der Waals surface area contributed by atoms with Crippen molar-refractivity contribution in [2.45, 2.75) is 25.8 Å². The molecular weight excluding hydrogens is 276 g/mol.